The molecule has 0 unspecified atom stereocenters. The first kappa shape index (κ1) is 17.4. The molecule has 0 aromatic carbocycles. The number of carbonyl (C=O) groups is 1. The Labute approximate surface area is 126 Å². The Morgan fingerprint density at radius 1 is 1.48 bits per heavy atom. The number of amides is 1. The molecule has 0 aliphatic rings. The van der Waals surface area contributed by atoms with Gasteiger partial charge in [0.05, 0.1) is 6.04 Å². The molecule has 1 N–H and O–H groups in total. The topological polar surface area (TPSA) is 62.7 Å². The van der Waals surface area contributed by atoms with Crippen LogP contribution in [0.2, 0.25) is 0 Å². The van der Waals surface area contributed by atoms with E-state index in [1.807, 2.05) is 33.8 Å². The molecule has 0 aliphatic carbocycles. The van der Waals surface area contributed by atoms with Crippen LogP contribution in [0.25, 0.3) is 0 Å². The minimum atomic E-state index is -0.781. The number of rotatable bonds is 5. The molecule has 1 aromatic heterocycles. The van der Waals surface area contributed by atoms with E-state index >= 15 is 0 Å². The highest BCUT2D eigenvalue weighted by molar-refractivity contribution is 5.68. The van der Waals surface area contributed by atoms with Gasteiger partial charge in [0.25, 0.3) is 0 Å². The van der Waals surface area contributed by atoms with E-state index in [9.17, 15) is 9.90 Å². The lowest BCUT2D eigenvalue weighted by Gasteiger charge is -2.33. The molecule has 21 heavy (non-hydrogen) atoms. The molecule has 1 amide bonds. The maximum absolute atomic E-state index is 12.2. The average Bonchev–Trinajstić information content (AvgIpc) is 2.42. The van der Waals surface area contributed by atoms with Crippen molar-refractivity contribution in [3.8, 4) is 0 Å². The number of hydrogen-bond donors (Lipinski definition) is 1. The smallest absolute Gasteiger partial charge is 0.410 e. The fourth-order valence-electron chi connectivity index (χ4n) is 2.10. The lowest BCUT2D eigenvalue weighted by Crippen LogP contribution is -2.43. The molecule has 0 saturated carbocycles. The van der Waals surface area contributed by atoms with Gasteiger partial charge >= 0.3 is 6.09 Å². The van der Waals surface area contributed by atoms with Crippen molar-refractivity contribution in [2.45, 2.75) is 58.3 Å². The minimum Gasteiger partial charge on any atom is -0.444 e. The number of nitrogens with zero attached hydrogens (tertiary/aromatic N) is 2. The standard InChI is InChI=1S/C16H26N2O3/c1-6-8-13(14(19)12-9-7-10-17-11-12)18(5)15(20)21-16(2,3)4/h7,9-11,13-14,19H,6,8H2,1-5H3/t13-,14-/m1/s1. The van der Waals surface area contributed by atoms with Crippen LogP contribution in [0.5, 0.6) is 0 Å². The van der Waals surface area contributed by atoms with E-state index in [1.54, 1.807) is 25.5 Å². The van der Waals surface area contributed by atoms with Crippen LogP contribution < -0.4 is 0 Å². The number of carbonyl (C=O) groups excluding carboxylic acids is 1. The highest BCUT2D eigenvalue weighted by Gasteiger charge is 2.30. The number of pyridine rings is 1. The molecule has 2 atom stereocenters. The first-order valence-corrected chi connectivity index (χ1v) is 7.30. The van der Waals surface area contributed by atoms with Gasteiger partial charge in [0, 0.05) is 25.0 Å². The molecule has 0 aliphatic heterocycles. The molecule has 0 bridgehead atoms. The zero-order chi connectivity index (χ0) is 16.0. The Morgan fingerprint density at radius 3 is 2.62 bits per heavy atom. The van der Waals surface area contributed by atoms with Gasteiger partial charge in [-0.05, 0) is 33.3 Å². The predicted octanol–water partition coefficient (Wildman–Crippen LogP) is 3.15. The van der Waals surface area contributed by atoms with Gasteiger partial charge in [0.1, 0.15) is 11.7 Å². The lowest BCUT2D eigenvalue weighted by molar-refractivity contribution is -0.000322. The fraction of sp³-hybridized carbons (Fsp3) is 0.625. The number of aliphatic hydroxyl groups excluding tert-OH is 1. The van der Waals surface area contributed by atoms with Crippen molar-refractivity contribution in [1.29, 1.82) is 0 Å². The van der Waals surface area contributed by atoms with Gasteiger partial charge in [-0.3, -0.25) is 4.98 Å². The monoisotopic (exact) mass is 294 g/mol. The molecule has 1 aromatic rings. The molecule has 0 spiro atoms. The molecule has 5 heteroatoms. The second kappa shape index (κ2) is 7.41. The highest BCUT2D eigenvalue weighted by atomic mass is 16.6. The normalized spacial score (nSPS) is 14.4. The van der Waals surface area contributed by atoms with E-state index < -0.39 is 17.8 Å². The SMILES string of the molecule is CCC[C@H]([C@H](O)c1cccnc1)N(C)C(=O)OC(C)(C)C. The zero-order valence-electron chi connectivity index (χ0n) is 13.5. The fourth-order valence-corrected chi connectivity index (χ4v) is 2.10. The third-order valence-corrected chi connectivity index (χ3v) is 3.15. The summed E-state index contributed by atoms with van der Waals surface area (Å²) in [6, 6.07) is 3.24. The summed E-state index contributed by atoms with van der Waals surface area (Å²) in [6.45, 7) is 7.49. The van der Waals surface area contributed by atoms with Crippen LogP contribution in [0.3, 0.4) is 0 Å². The molecule has 5 nitrogen and oxygen atoms in total. The first-order valence-electron chi connectivity index (χ1n) is 7.30. The van der Waals surface area contributed by atoms with Crippen LogP contribution in [-0.2, 0) is 4.74 Å². The van der Waals surface area contributed by atoms with E-state index in [0.29, 0.717) is 12.0 Å². The Hall–Kier alpha value is -1.62. The summed E-state index contributed by atoms with van der Waals surface area (Å²) in [5.74, 6) is 0. The summed E-state index contributed by atoms with van der Waals surface area (Å²) >= 11 is 0. The van der Waals surface area contributed by atoms with Crippen LogP contribution in [0.4, 0.5) is 4.79 Å². The van der Waals surface area contributed by atoms with E-state index in [0.717, 1.165) is 6.42 Å². The number of hydrogen-bond acceptors (Lipinski definition) is 4. The number of aromatic nitrogens is 1. The molecule has 118 valence electrons. The van der Waals surface area contributed by atoms with Crippen LogP contribution in [-0.4, -0.2) is 39.8 Å². The molecule has 1 heterocycles. The maximum Gasteiger partial charge on any atom is 0.410 e. The van der Waals surface area contributed by atoms with Gasteiger partial charge in [-0.1, -0.05) is 19.4 Å². The molecule has 0 fully saturated rings. The van der Waals surface area contributed by atoms with E-state index in [1.165, 1.54) is 4.90 Å². The van der Waals surface area contributed by atoms with Crippen molar-refractivity contribution < 1.29 is 14.6 Å². The summed E-state index contributed by atoms with van der Waals surface area (Å²) in [7, 11) is 1.66. The predicted molar refractivity (Wildman–Crippen MR) is 81.9 cm³/mol. The Balaban J connectivity index is 2.87. The molecule has 0 saturated heterocycles. The highest BCUT2D eigenvalue weighted by Crippen LogP contribution is 2.24. The van der Waals surface area contributed by atoms with Crippen molar-refractivity contribution in [2.75, 3.05) is 7.05 Å². The first-order chi connectivity index (χ1) is 9.76. The summed E-state index contributed by atoms with van der Waals surface area (Å²) in [5, 5.41) is 10.5. The molecule has 1 rings (SSSR count). The summed E-state index contributed by atoms with van der Waals surface area (Å²) in [4.78, 5) is 17.7. The van der Waals surface area contributed by atoms with Crippen molar-refractivity contribution >= 4 is 6.09 Å². The van der Waals surface area contributed by atoms with E-state index in [2.05, 4.69) is 4.98 Å². The van der Waals surface area contributed by atoms with Gasteiger partial charge in [-0.25, -0.2) is 4.79 Å². The summed E-state index contributed by atoms with van der Waals surface area (Å²) in [6.07, 6.45) is 3.61. The second-order valence-corrected chi connectivity index (χ2v) is 6.18. The van der Waals surface area contributed by atoms with Crippen molar-refractivity contribution in [3.63, 3.8) is 0 Å². The van der Waals surface area contributed by atoms with Crippen molar-refractivity contribution in [2.24, 2.45) is 0 Å². The number of ether oxygens (including phenoxy) is 1. The second-order valence-electron chi connectivity index (χ2n) is 6.18. The Morgan fingerprint density at radius 2 is 2.14 bits per heavy atom. The van der Waals surface area contributed by atoms with E-state index in [-0.39, 0.29) is 6.04 Å². The molecule has 0 radical (unpaired) electrons. The molecular weight excluding hydrogens is 268 g/mol. The Bertz CT molecular complexity index is 443. The van der Waals surface area contributed by atoms with E-state index in [4.69, 9.17) is 4.74 Å². The average molecular weight is 294 g/mol. The van der Waals surface area contributed by atoms with Gasteiger partial charge in [0.15, 0.2) is 0 Å². The lowest BCUT2D eigenvalue weighted by atomic mass is 9.99. The quantitative estimate of drug-likeness (QED) is 0.906. The Kier molecular flexibility index (Phi) is 6.15. The zero-order valence-corrected chi connectivity index (χ0v) is 13.5. The largest absolute Gasteiger partial charge is 0.444 e. The van der Waals surface area contributed by atoms with Crippen LogP contribution in [0.15, 0.2) is 24.5 Å². The third-order valence-electron chi connectivity index (χ3n) is 3.15. The van der Waals surface area contributed by atoms with Gasteiger partial charge in [-0.2, -0.15) is 0 Å². The number of aliphatic hydroxyl groups is 1. The summed E-state index contributed by atoms with van der Waals surface area (Å²) in [5.41, 5.74) is 0.146. The van der Waals surface area contributed by atoms with Gasteiger partial charge < -0.3 is 14.7 Å². The number of likely N-dealkylation sites (N-methyl/N-ethyl adjacent to an activating group) is 1. The van der Waals surface area contributed by atoms with Crippen molar-refractivity contribution in [1.82, 2.24) is 9.88 Å². The van der Waals surface area contributed by atoms with Gasteiger partial charge in [0.2, 0.25) is 0 Å². The van der Waals surface area contributed by atoms with Crippen LogP contribution in [0, 0.1) is 0 Å². The molecular formula is C16H26N2O3. The maximum atomic E-state index is 12.2. The summed E-state index contributed by atoms with van der Waals surface area (Å²) < 4.78 is 5.37. The minimum absolute atomic E-state index is 0.339. The van der Waals surface area contributed by atoms with Crippen LogP contribution in [0.1, 0.15) is 52.2 Å². The third kappa shape index (κ3) is 5.34. The van der Waals surface area contributed by atoms with Crippen LogP contribution >= 0.6 is 0 Å². The van der Waals surface area contributed by atoms with Crippen molar-refractivity contribution in [3.05, 3.63) is 30.1 Å². The van der Waals surface area contributed by atoms with Gasteiger partial charge in [-0.15, -0.1) is 0 Å².